The normalized spacial score (nSPS) is 11.2. The summed E-state index contributed by atoms with van der Waals surface area (Å²) in [6.45, 7) is 5.06. The van der Waals surface area contributed by atoms with Crippen LogP contribution in [0.5, 0.6) is 0 Å². The molecule has 0 aliphatic heterocycles. The zero-order chi connectivity index (χ0) is 17.1. The van der Waals surface area contributed by atoms with Gasteiger partial charge in [0.1, 0.15) is 11.6 Å². The SMILES string of the molecule is CCOC(CN/C=C(/C#N)C(=O)Nc1ccccc1Cl)OCC. The number of para-hydroxylation sites is 1. The fourth-order valence-corrected chi connectivity index (χ4v) is 1.88. The number of nitriles is 1. The van der Waals surface area contributed by atoms with E-state index >= 15 is 0 Å². The highest BCUT2D eigenvalue weighted by Crippen LogP contribution is 2.20. The molecule has 0 aromatic heterocycles. The average molecular weight is 338 g/mol. The van der Waals surface area contributed by atoms with Crippen molar-refractivity contribution in [1.29, 1.82) is 5.26 Å². The number of ether oxygens (including phenoxy) is 2. The summed E-state index contributed by atoms with van der Waals surface area (Å²) in [6.07, 6.45) is 0.893. The third-order valence-electron chi connectivity index (χ3n) is 2.72. The molecule has 1 aromatic carbocycles. The molecule has 1 rings (SSSR count). The third kappa shape index (κ3) is 6.70. The Labute approximate surface area is 141 Å². The van der Waals surface area contributed by atoms with Gasteiger partial charge in [-0.15, -0.1) is 0 Å². The largest absolute Gasteiger partial charge is 0.385 e. The van der Waals surface area contributed by atoms with E-state index < -0.39 is 12.2 Å². The number of halogens is 1. The molecule has 0 saturated carbocycles. The van der Waals surface area contributed by atoms with E-state index in [1.54, 1.807) is 24.3 Å². The van der Waals surface area contributed by atoms with E-state index in [1.807, 2.05) is 19.9 Å². The minimum Gasteiger partial charge on any atom is -0.385 e. The van der Waals surface area contributed by atoms with Gasteiger partial charge in [0.2, 0.25) is 0 Å². The van der Waals surface area contributed by atoms with Crippen molar-refractivity contribution in [2.45, 2.75) is 20.1 Å². The summed E-state index contributed by atoms with van der Waals surface area (Å²) in [6, 6.07) is 8.64. The molecule has 0 aliphatic carbocycles. The minimum absolute atomic E-state index is 0.0725. The Balaban J connectivity index is 2.62. The van der Waals surface area contributed by atoms with E-state index in [1.165, 1.54) is 6.20 Å². The van der Waals surface area contributed by atoms with E-state index in [2.05, 4.69) is 10.6 Å². The predicted octanol–water partition coefficient (Wildman–Crippen LogP) is 2.67. The summed E-state index contributed by atoms with van der Waals surface area (Å²) in [5.74, 6) is -0.544. The van der Waals surface area contributed by atoms with Crippen LogP contribution in [0.15, 0.2) is 36.0 Å². The monoisotopic (exact) mass is 337 g/mol. The molecule has 7 heteroatoms. The fourth-order valence-electron chi connectivity index (χ4n) is 1.70. The molecular weight excluding hydrogens is 318 g/mol. The highest BCUT2D eigenvalue weighted by Gasteiger charge is 2.12. The Morgan fingerprint density at radius 1 is 1.35 bits per heavy atom. The van der Waals surface area contributed by atoms with E-state index in [0.717, 1.165) is 0 Å². The van der Waals surface area contributed by atoms with Gasteiger partial charge < -0.3 is 20.1 Å². The zero-order valence-corrected chi connectivity index (χ0v) is 13.9. The summed E-state index contributed by atoms with van der Waals surface area (Å²) in [7, 11) is 0. The molecule has 0 spiro atoms. The maximum atomic E-state index is 12.1. The first kappa shape index (κ1) is 19.0. The van der Waals surface area contributed by atoms with Crippen molar-refractivity contribution in [3.63, 3.8) is 0 Å². The summed E-state index contributed by atoms with van der Waals surface area (Å²) in [4.78, 5) is 12.1. The molecular formula is C16H20ClN3O3. The first-order chi connectivity index (χ1) is 11.1. The maximum absolute atomic E-state index is 12.1. The molecule has 23 heavy (non-hydrogen) atoms. The van der Waals surface area contributed by atoms with E-state index in [-0.39, 0.29) is 5.57 Å². The number of nitrogens with zero attached hydrogens (tertiary/aromatic N) is 1. The van der Waals surface area contributed by atoms with Gasteiger partial charge in [-0.2, -0.15) is 5.26 Å². The third-order valence-corrected chi connectivity index (χ3v) is 3.05. The second-order valence-corrected chi connectivity index (χ2v) is 4.76. The molecule has 0 radical (unpaired) electrons. The van der Waals surface area contributed by atoms with E-state index in [0.29, 0.717) is 30.5 Å². The van der Waals surface area contributed by atoms with Gasteiger partial charge in [0.25, 0.3) is 5.91 Å². The van der Waals surface area contributed by atoms with Crippen molar-refractivity contribution < 1.29 is 14.3 Å². The van der Waals surface area contributed by atoms with Gasteiger partial charge in [0.15, 0.2) is 6.29 Å². The first-order valence-corrected chi connectivity index (χ1v) is 7.62. The number of amides is 1. The van der Waals surface area contributed by atoms with Crippen molar-refractivity contribution in [1.82, 2.24) is 5.32 Å². The Bertz CT molecular complexity index is 578. The van der Waals surface area contributed by atoms with Crippen LogP contribution in [-0.2, 0) is 14.3 Å². The van der Waals surface area contributed by atoms with Crippen molar-refractivity contribution in [2.75, 3.05) is 25.1 Å². The van der Waals surface area contributed by atoms with Gasteiger partial charge in [0.05, 0.1) is 17.3 Å². The van der Waals surface area contributed by atoms with Crippen molar-refractivity contribution in [3.8, 4) is 6.07 Å². The topological polar surface area (TPSA) is 83.4 Å². The van der Waals surface area contributed by atoms with Crippen LogP contribution in [-0.4, -0.2) is 32.0 Å². The molecule has 6 nitrogen and oxygen atoms in total. The molecule has 0 unspecified atom stereocenters. The van der Waals surface area contributed by atoms with Crippen LogP contribution >= 0.6 is 11.6 Å². The molecule has 0 heterocycles. The predicted molar refractivity (Wildman–Crippen MR) is 88.8 cm³/mol. The second kappa shape index (κ2) is 10.6. The maximum Gasteiger partial charge on any atom is 0.267 e. The molecule has 124 valence electrons. The molecule has 1 aromatic rings. The van der Waals surface area contributed by atoms with E-state index in [4.69, 9.17) is 26.3 Å². The molecule has 2 N–H and O–H groups in total. The minimum atomic E-state index is -0.544. The van der Waals surface area contributed by atoms with Crippen LogP contribution in [0.2, 0.25) is 5.02 Å². The second-order valence-electron chi connectivity index (χ2n) is 4.35. The van der Waals surface area contributed by atoms with Crippen LogP contribution in [0.4, 0.5) is 5.69 Å². The Morgan fingerprint density at radius 2 is 2.00 bits per heavy atom. The highest BCUT2D eigenvalue weighted by atomic mass is 35.5. The molecule has 0 aliphatic rings. The van der Waals surface area contributed by atoms with Gasteiger partial charge in [-0.05, 0) is 26.0 Å². The van der Waals surface area contributed by atoms with Crippen LogP contribution < -0.4 is 10.6 Å². The molecule has 0 fully saturated rings. The lowest BCUT2D eigenvalue weighted by Gasteiger charge is -2.16. The molecule has 0 saturated heterocycles. The van der Waals surface area contributed by atoms with Crippen LogP contribution in [0, 0.1) is 11.3 Å². The Hall–Kier alpha value is -2.07. The summed E-state index contributed by atoms with van der Waals surface area (Å²) in [5.41, 5.74) is 0.374. The van der Waals surface area contributed by atoms with Gasteiger partial charge in [-0.1, -0.05) is 23.7 Å². The smallest absolute Gasteiger partial charge is 0.267 e. The fraction of sp³-hybridized carbons (Fsp3) is 0.375. The number of benzene rings is 1. The lowest BCUT2D eigenvalue weighted by atomic mass is 10.2. The lowest BCUT2D eigenvalue weighted by Crippen LogP contribution is -2.29. The van der Waals surface area contributed by atoms with Gasteiger partial charge in [-0.3, -0.25) is 4.79 Å². The Kier molecular flexibility index (Phi) is 8.76. The van der Waals surface area contributed by atoms with Crippen molar-refractivity contribution in [2.24, 2.45) is 0 Å². The number of carbonyl (C=O) groups is 1. The molecule has 0 atom stereocenters. The van der Waals surface area contributed by atoms with Gasteiger partial charge in [-0.25, -0.2) is 0 Å². The van der Waals surface area contributed by atoms with Gasteiger partial charge >= 0.3 is 0 Å². The van der Waals surface area contributed by atoms with Crippen LogP contribution in [0.1, 0.15) is 13.8 Å². The number of hydrogen-bond donors (Lipinski definition) is 2. The van der Waals surface area contributed by atoms with E-state index in [9.17, 15) is 4.79 Å². The number of anilines is 1. The average Bonchev–Trinajstić information content (AvgIpc) is 2.54. The lowest BCUT2D eigenvalue weighted by molar-refractivity contribution is -0.131. The Morgan fingerprint density at radius 3 is 2.57 bits per heavy atom. The van der Waals surface area contributed by atoms with Crippen LogP contribution in [0.25, 0.3) is 0 Å². The molecule has 0 bridgehead atoms. The van der Waals surface area contributed by atoms with Crippen molar-refractivity contribution in [3.05, 3.63) is 41.1 Å². The van der Waals surface area contributed by atoms with Gasteiger partial charge in [0, 0.05) is 19.4 Å². The highest BCUT2D eigenvalue weighted by molar-refractivity contribution is 6.33. The first-order valence-electron chi connectivity index (χ1n) is 7.25. The van der Waals surface area contributed by atoms with Crippen molar-refractivity contribution >= 4 is 23.2 Å². The zero-order valence-electron chi connectivity index (χ0n) is 13.1. The summed E-state index contributed by atoms with van der Waals surface area (Å²) in [5, 5.41) is 14.9. The summed E-state index contributed by atoms with van der Waals surface area (Å²) >= 11 is 5.97. The summed E-state index contributed by atoms with van der Waals surface area (Å²) < 4.78 is 10.7. The van der Waals surface area contributed by atoms with Crippen LogP contribution in [0.3, 0.4) is 0 Å². The number of hydrogen-bond acceptors (Lipinski definition) is 5. The quantitative estimate of drug-likeness (QED) is 0.411. The standard InChI is InChI=1S/C16H20ClN3O3/c1-3-22-15(23-4-2)11-19-10-12(9-18)16(21)20-14-8-6-5-7-13(14)17/h5-8,10,15,19H,3-4,11H2,1-2H3,(H,20,21)/b12-10-. The number of nitrogens with one attached hydrogen (secondary N) is 2. The number of rotatable bonds is 9. The number of carbonyl (C=O) groups excluding carboxylic acids is 1. The molecule has 1 amide bonds.